The van der Waals surface area contributed by atoms with Crippen LogP contribution in [0.5, 0.6) is 0 Å². The van der Waals surface area contributed by atoms with Crippen molar-refractivity contribution in [2.24, 2.45) is 0 Å². The molecule has 0 unspecified atom stereocenters. The Labute approximate surface area is 128 Å². The SMILES string of the molecule is CSc1ccccc1C(=O)c1ccc(C2OCCO2)cc1. The first-order valence-corrected chi connectivity index (χ1v) is 8.03. The molecule has 2 aromatic carbocycles. The van der Waals surface area contributed by atoms with E-state index in [1.54, 1.807) is 11.8 Å². The van der Waals surface area contributed by atoms with Gasteiger partial charge in [-0.05, 0) is 18.4 Å². The molecule has 0 bridgehead atoms. The first-order valence-electron chi connectivity index (χ1n) is 6.80. The Hall–Kier alpha value is -1.62. The molecule has 4 heteroatoms. The minimum absolute atomic E-state index is 0.0414. The maximum absolute atomic E-state index is 12.6. The lowest BCUT2D eigenvalue weighted by atomic mass is 10.0. The van der Waals surface area contributed by atoms with Crippen LogP contribution in [0.3, 0.4) is 0 Å². The van der Waals surface area contributed by atoms with Gasteiger partial charge in [-0.2, -0.15) is 0 Å². The van der Waals surface area contributed by atoms with Crippen molar-refractivity contribution in [3.63, 3.8) is 0 Å². The molecular formula is C17H16O3S. The zero-order chi connectivity index (χ0) is 14.7. The molecule has 1 aliphatic rings. The minimum atomic E-state index is -0.298. The summed E-state index contributed by atoms with van der Waals surface area (Å²) in [4.78, 5) is 13.6. The Morgan fingerprint density at radius 2 is 1.71 bits per heavy atom. The summed E-state index contributed by atoms with van der Waals surface area (Å²) < 4.78 is 10.9. The molecule has 3 nitrogen and oxygen atoms in total. The standard InChI is InChI=1S/C17H16O3S/c1-21-15-5-3-2-4-14(15)16(18)12-6-8-13(9-7-12)17-19-10-11-20-17/h2-9,17H,10-11H2,1H3. The zero-order valence-electron chi connectivity index (χ0n) is 11.7. The Morgan fingerprint density at radius 1 is 1.05 bits per heavy atom. The molecule has 1 aliphatic heterocycles. The van der Waals surface area contributed by atoms with Crippen LogP contribution in [0.15, 0.2) is 53.4 Å². The number of ketones is 1. The number of carbonyl (C=O) groups excluding carboxylic acids is 1. The third-order valence-electron chi connectivity index (χ3n) is 3.42. The maximum atomic E-state index is 12.6. The lowest BCUT2D eigenvalue weighted by Gasteiger charge is -2.10. The van der Waals surface area contributed by atoms with Gasteiger partial charge in [-0.25, -0.2) is 0 Å². The summed E-state index contributed by atoms with van der Waals surface area (Å²) >= 11 is 1.58. The Morgan fingerprint density at radius 3 is 2.38 bits per heavy atom. The number of carbonyl (C=O) groups is 1. The largest absolute Gasteiger partial charge is 0.346 e. The molecule has 0 atom stereocenters. The first kappa shape index (κ1) is 14.3. The van der Waals surface area contributed by atoms with E-state index >= 15 is 0 Å². The second kappa shape index (κ2) is 6.43. The van der Waals surface area contributed by atoms with Crippen LogP contribution in [0.2, 0.25) is 0 Å². The normalized spacial score (nSPS) is 15.3. The van der Waals surface area contributed by atoms with Crippen molar-refractivity contribution in [2.45, 2.75) is 11.2 Å². The maximum Gasteiger partial charge on any atom is 0.194 e. The van der Waals surface area contributed by atoms with Gasteiger partial charge in [0, 0.05) is 21.6 Å². The van der Waals surface area contributed by atoms with Crippen LogP contribution in [0.4, 0.5) is 0 Å². The summed E-state index contributed by atoms with van der Waals surface area (Å²) in [6.45, 7) is 1.24. The lowest BCUT2D eigenvalue weighted by Crippen LogP contribution is -2.04. The number of hydrogen-bond acceptors (Lipinski definition) is 4. The van der Waals surface area contributed by atoms with E-state index in [4.69, 9.17) is 9.47 Å². The predicted octanol–water partition coefficient (Wildman–Crippen LogP) is 3.68. The Bertz CT molecular complexity index is 631. The molecule has 3 rings (SSSR count). The highest BCUT2D eigenvalue weighted by molar-refractivity contribution is 7.98. The van der Waals surface area contributed by atoms with Gasteiger partial charge in [0.15, 0.2) is 12.1 Å². The molecule has 0 N–H and O–H groups in total. The number of hydrogen-bond donors (Lipinski definition) is 0. The van der Waals surface area contributed by atoms with Crippen LogP contribution >= 0.6 is 11.8 Å². The molecule has 0 aromatic heterocycles. The fraction of sp³-hybridized carbons (Fsp3) is 0.235. The van der Waals surface area contributed by atoms with Crippen molar-refractivity contribution in [1.82, 2.24) is 0 Å². The van der Waals surface area contributed by atoms with Crippen LogP contribution in [0.1, 0.15) is 27.8 Å². The van der Waals surface area contributed by atoms with Crippen LogP contribution in [-0.4, -0.2) is 25.3 Å². The van der Waals surface area contributed by atoms with Gasteiger partial charge in [0.2, 0.25) is 0 Å². The van der Waals surface area contributed by atoms with Gasteiger partial charge in [0.05, 0.1) is 13.2 Å². The first-order chi connectivity index (χ1) is 10.3. The monoisotopic (exact) mass is 300 g/mol. The average molecular weight is 300 g/mol. The van der Waals surface area contributed by atoms with Crippen molar-refractivity contribution in [3.05, 3.63) is 65.2 Å². The van der Waals surface area contributed by atoms with E-state index in [2.05, 4.69) is 0 Å². The van der Waals surface area contributed by atoms with E-state index in [0.29, 0.717) is 18.8 Å². The molecule has 0 saturated carbocycles. The number of thioether (sulfide) groups is 1. The number of rotatable bonds is 4. The van der Waals surface area contributed by atoms with Crippen molar-refractivity contribution in [3.8, 4) is 0 Å². The third-order valence-corrected chi connectivity index (χ3v) is 4.21. The summed E-state index contributed by atoms with van der Waals surface area (Å²) in [6.07, 6.45) is 1.68. The molecule has 0 amide bonds. The fourth-order valence-electron chi connectivity index (χ4n) is 2.33. The second-order valence-electron chi connectivity index (χ2n) is 4.72. The van der Waals surface area contributed by atoms with Crippen LogP contribution in [0, 0.1) is 0 Å². The Kier molecular flexibility index (Phi) is 4.39. The Balaban J connectivity index is 1.84. The summed E-state index contributed by atoms with van der Waals surface area (Å²) in [5.41, 5.74) is 2.37. The molecule has 1 fully saturated rings. The number of benzene rings is 2. The second-order valence-corrected chi connectivity index (χ2v) is 5.57. The van der Waals surface area contributed by atoms with E-state index in [1.165, 1.54) is 0 Å². The van der Waals surface area contributed by atoms with Gasteiger partial charge in [-0.3, -0.25) is 4.79 Å². The third kappa shape index (κ3) is 3.02. The summed E-state index contributed by atoms with van der Waals surface area (Å²) in [5.74, 6) is 0.0414. The van der Waals surface area contributed by atoms with E-state index < -0.39 is 0 Å². The predicted molar refractivity (Wildman–Crippen MR) is 82.7 cm³/mol. The van der Waals surface area contributed by atoms with Gasteiger partial charge in [-0.15, -0.1) is 11.8 Å². The minimum Gasteiger partial charge on any atom is -0.346 e. The quantitative estimate of drug-likeness (QED) is 0.637. The van der Waals surface area contributed by atoms with E-state index in [0.717, 1.165) is 16.0 Å². The highest BCUT2D eigenvalue weighted by Crippen LogP contribution is 2.26. The molecule has 2 aromatic rings. The van der Waals surface area contributed by atoms with Gasteiger partial charge < -0.3 is 9.47 Å². The van der Waals surface area contributed by atoms with Gasteiger partial charge >= 0.3 is 0 Å². The molecule has 0 spiro atoms. The summed E-state index contributed by atoms with van der Waals surface area (Å²) in [6, 6.07) is 15.1. The highest BCUT2D eigenvalue weighted by Gasteiger charge is 2.19. The molecule has 0 radical (unpaired) electrons. The molecule has 0 aliphatic carbocycles. The highest BCUT2D eigenvalue weighted by atomic mass is 32.2. The molecular weight excluding hydrogens is 284 g/mol. The average Bonchev–Trinajstić information content (AvgIpc) is 3.09. The molecule has 1 heterocycles. The summed E-state index contributed by atoms with van der Waals surface area (Å²) in [7, 11) is 0. The smallest absolute Gasteiger partial charge is 0.194 e. The van der Waals surface area contributed by atoms with Gasteiger partial charge in [0.1, 0.15) is 0 Å². The molecule has 1 saturated heterocycles. The van der Waals surface area contributed by atoms with Crippen LogP contribution < -0.4 is 0 Å². The topological polar surface area (TPSA) is 35.5 Å². The molecule has 108 valence electrons. The number of ether oxygens (including phenoxy) is 2. The van der Waals surface area contributed by atoms with Crippen LogP contribution in [-0.2, 0) is 9.47 Å². The van der Waals surface area contributed by atoms with E-state index in [1.807, 2.05) is 54.8 Å². The molecule has 21 heavy (non-hydrogen) atoms. The van der Waals surface area contributed by atoms with Gasteiger partial charge in [-0.1, -0.05) is 36.4 Å². The van der Waals surface area contributed by atoms with Gasteiger partial charge in [0.25, 0.3) is 0 Å². The van der Waals surface area contributed by atoms with Crippen LogP contribution in [0.25, 0.3) is 0 Å². The zero-order valence-corrected chi connectivity index (χ0v) is 12.6. The summed E-state index contributed by atoms with van der Waals surface area (Å²) in [5, 5.41) is 0. The fourth-order valence-corrected chi connectivity index (χ4v) is 2.93. The van der Waals surface area contributed by atoms with Crippen molar-refractivity contribution < 1.29 is 14.3 Å². The van der Waals surface area contributed by atoms with Crippen molar-refractivity contribution in [2.75, 3.05) is 19.5 Å². The van der Waals surface area contributed by atoms with Crippen molar-refractivity contribution in [1.29, 1.82) is 0 Å². The van der Waals surface area contributed by atoms with E-state index in [-0.39, 0.29) is 12.1 Å². The van der Waals surface area contributed by atoms with E-state index in [9.17, 15) is 4.79 Å². The van der Waals surface area contributed by atoms with Crippen molar-refractivity contribution >= 4 is 17.5 Å². The lowest BCUT2D eigenvalue weighted by molar-refractivity contribution is -0.0441.